The Morgan fingerprint density at radius 3 is 2.30 bits per heavy atom. The standard InChI is InChI=1S/C19H26ClN3O4/c1-19(2,3)23-18(27)22-13-8-9-15(20)14(10-13)16(24)21-12-6-4-11(5-7-12)17(25)26/h8-12H,4-7H2,1-3H3,(H,21,24)(H,25,26)(H2,22,23,27). The third kappa shape index (κ3) is 6.43. The fourth-order valence-corrected chi connectivity index (χ4v) is 3.23. The number of rotatable bonds is 4. The van der Waals surface area contributed by atoms with E-state index in [-0.39, 0.29) is 40.0 Å². The van der Waals surface area contributed by atoms with Gasteiger partial charge in [-0.05, 0) is 64.7 Å². The van der Waals surface area contributed by atoms with Gasteiger partial charge in [-0.1, -0.05) is 11.6 Å². The van der Waals surface area contributed by atoms with Gasteiger partial charge in [-0.25, -0.2) is 4.79 Å². The van der Waals surface area contributed by atoms with Crippen LogP contribution >= 0.6 is 11.6 Å². The zero-order valence-corrected chi connectivity index (χ0v) is 16.5. The Labute approximate surface area is 163 Å². The molecule has 0 unspecified atom stereocenters. The monoisotopic (exact) mass is 395 g/mol. The van der Waals surface area contributed by atoms with Gasteiger partial charge < -0.3 is 21.1 Å². The maximum absolute atomic E-state index is 12.6. The van der Waals surface area contributed by atoms with Gasteiger partial charge in [0.2, 0.25) is 0 Å². The first kappa shape index (κ1) is 21.0. The fourth-order valence-electron chi connectivity index (χ4n) is 3.03. The van der Waals surface area contributed by atoms with Gasteiger partial charge in [0.05, 0.1) is 16.5 Å². The molecule has 0 radical (unpaired) electrons. The SMILES string of the molecule is CC(C)(C)NC(=O)Nc1ccc(Cl)c(C(=O)NC2CCC(C(=O)O)CC2)c1. The Bertz CT molecular complexity index is 722. The molecule has 27 heavy (non-hydrogen) atoms. The number of amides is 3. The maximum atomic E-state index is 12.6. The van der Waals surface area contributed by atoms with Gasteiger partial charge in [0.1, 0.15) is 0 Å². The van der Waals surface area contributed by atoms with Crippen molar-refractivity contribution < 1.29 is 19.5 Å². The second-order valence-corrected chi connectivity index (χ2v) is 8.29. The molecule has 0 heterocycles. The number of hydrogen-bond acceptors (Lipinski definition) is 3. The van der Waals surface area contributed by atoms with Crippen LogP contribution in [0.5, 0.6) is 0 Å². The van der Waals surface area contributed by atoms with E-state index < -0.39 is 5.97 Å². The highest BCUT2D eigenvalue weighted by Gasteiger charge is 2.27. The van der Waals surface area contributed by atoms with Crippen molar-refractivity contribution in [2.24, 2.45) is 5.92 Å². The number of carboxylic acids is 1. The van der Waals surface area contributed by atoms with Crippen molar-refractivity contribution in [2.75, 3.05) is 5.32 Å². The van der Waals surface area contributed by atoms with Gasteiger partial charge in [-0.15, -0.1) is 0 Å². The molecule has 8 heteroatoms. The number of carbonyl (C=O) groups is 3. The summed E-state index contributed by atoms with van der Waals surface area (Å²) in [6, 6.07) is 4.26. The van der Waals surface area contributed by atoms with Gasteiger partial charge in [0.25, 0.3) is 5.91 Å². The lowest BCUT2D eigenvalue weighted by atomic mass is 9.86. The van der Waals surface area contributed by atoms with Crippen molar-refractivity contribution in [2.45, 2.75) is 58.0 Å². The minimum Gasteiger partial charge on any atom is -0.481 e. The summed E-state index contributed by atoms with van der Waals surface area (Å²) in [5.74, 6) is -1.45. The van der Waals surface area contributed by atoms with Crippen LogP contribution in [-0.2, 0) is 4.79 Å². The Morgan fingerprint density at radius 2 is 1.74 bits per heavy atom. The predicted molar refractivity (Wildman–Crippen MR) is 104 cm³/mol. The molecule has 148 valence electrons. The molecule has 0 atom stereocenters. The summed E-state index contributed by atoms with van der Waals surface area (Å²) >= 11 is 6.15. The minimum absolute atomic E-state index is 0.0787. The topological polar surface area (TPSA) is 108 Å². The molecule has 1 saturated carbocycles. The predicted octanol–water partition coefficient (Wildman–Crippen LogP) is 3.63. The van der Waals surface area contributed by atoms with Crippen LogP contribution in [0.2, 0.25) is 5.02 Å². The van der Waals surface area contributed by atoms with Gasteiger partial charge in [-0.2, -0.15) is 0 Å². The molecule has 0 saturated heterocycles. The number of aliphatic carboxylic acids is 1. The van der Waals surface area contributed by atoms with Crippen molar-refractivity contribution in [3.05, 3.63) is 28.8 Å². The van der Waals surface area contributed by atoms with Crippen LogP contribution in [0.1, 0.15) is 56.8 Å². The normalized spacial score (nSPS) is 19.9. The molecule has 1 aliphatic rings. The smallest absolute Gasteiger partial charge is 0.319 e. The van der Waals surface area contributed by atoms with Crippen molar-refractivity contribution in [1.82, 2.24) is 10.6 Å². The molecule has 1 aromatic rings. The molecule has 7 nitrogen and oxygen atoms in total. The molecular weight excluding hydrogens is 370 g/mol. The van der Waals surface area contributed by atoms with Crippen LogP contribution in [0.15, 0.2) is 18.2 Å². The van der Waals surface area contributed by atoms with Crippen molar-refractivity contribution in [3.8, 4) is 0 Å². The quantitative estimate of drug-likeness (QED) is 0.624. The van der Waals surface area contributed by atoms with Crippen LogP contribution in [0.25, 0.3) is 0 Å². The lowest BCUT2D eigenvalue weighted by Crippen LogP contribution is -2.43. The molecule has 4 N–H and O–H groups in total. The van der Waals surface area contributed by atoms with Crippen LogP contribution in [0, 0.1) is 5.92 Å². The Kier molecular flexibility index (Phi) is 6.70. The average Bonchev–Trinajstić information content (AvgIpc) is 2.55. The van der Waals surface area contributed by atoms with E-state index in [1.54, 1.807) is 12.1 Å². The third-order valence-corrected chi connectivity index (χ3v) is 4.70. The first-order valence-electron chi connectivity index (χ1n) is 8.97. The average molecular weight is 396 g/mol. The number of nitrogens with one attached hydrogen (secondary N) is 3. The first-order valence-corrected chi connectivity index (χ1v) is 9.35. The summed E-state index contributed by atoms with van der Waals surface area (Å²) in [5, 5.41) is 17.7. The van der Waals surface area contributed by atoms with E-state index in [1.165, 1.54) is 6.07 Å². The zero-order chi connectivity index (χ0) is 20.2. The van der Waals surface area contributed by atoms with Gasteiger partial charge in [0.15, 0.2) is 0 Å². The zero-order valence-electron chi connectivity index (χ0n) is 15.8. The highest BCUT2D eigenvalue weighted by Crippen LogP contribution is 2.26. The third-order valence-electron chi connectivity index (χ3n) is 4.37. The molecule has 1 aliphatic carbocycles. The van der Waals surface area contributed by atoms with Crippen LogP contribution in [-0.4, -0.2) is 34.6 Å². The number of carboxylic acid groups (broad SMARTS) is 1. The molecule has 2 rings (SSSR count). The highest BCUT2D eigenvalue weighted by molar-refractivity contribution is 6.34. The van der Waals surface area contributed by atoms with Crippen LogP contribution in [0.4, 0.5) is 10.5 Å². The van der Waals surface area contributed by atoms with E-state index in [1.807, 2.05) is 20.8 Å². The summed E-state index contributed by atoms with van der Waals surface area (Å²) in [7, 11) is 0. The lowest BCUT2D eigenvalue weighted by molar-refractivity contribution is -0.142. The van der Waals surface area contributed by atoms with E-state index in [2.05, 4.69) is 16.0 Å². The number of hydrogen-bond donors (Lipinski definition) is 4. The van der Waals surface area contributed by atoms with Crippen LogP contribution < -0.4 is 16.0 Å². The largest absolute Gasteiger partial charge is 0.481 e. The minimum atomic E-state index is -0.782. The number of benzene rings is 1. The van der Waals surface area contributed by atoms with Gasteiger partial charge >= 0.3 is 12.0 Å². The van der Waals surface area contributed by atoms with E-state index in [0.29, 0.717) is 31.4 Å². The second kappa shape index (κ2) is 8.61. The van der Waals surface area contributed by atoms with Crippen molar-refractivity contribution >= 4 is 35.2 Å². The molecule has 0 aliphatic heterocycles. The second-order valence-electron chi connectivity index (χ2n) is 7.88. The Balaban J connectivity index is 2.00. The fraction of sp³-hybridized carbons (Fsp3) is 0.526. The molecular formula is C19H26ClN3O4. The lowest BCUT2D eigenvalue weighted by Gasteiger charge is -2.27. The van der Waals surface area contributed by atoms with E-state index >= 15 is 0 Å². The Morgan fingerprint density at radius 1 is 1.11 bits per heavy atom. The van der Waals surface area contributed by atoms with Crippen molar-refractivity contribution in [1.29, 1.82) is 0 Å². The summed E-state index contributed by atoms with van der Waals surface area (Å²) in [5.41, 5.74) is 0.345. The van der Waals surface area contributed by atoms with Gasteiger partial charge in [0, 0.05) is 17.3 Å². The number of carbonyl (C=O) groups excluding carboxylic acids is 2. The number of anilines is 1. The number of urea groups is 1. The molecule has 3 amide bonds. The maximum Gasteiger partial charge on any atom is 0.319 e. The first-order chi connectivity index (χ1) is 12.5. The van der Waals surface area contributed by atoms with Gasteiger partial charge in [-0.3, -0.25) is 9.59 Å². The molecule has 1 fully saturated rings. The molecule has 0 aromatic heterocycles. The Hall–Kier alpha value is -2.28. The molecule has 0 spiro atoms. The summed E-state index contributed by atoms with van der Waals surface area (Å²) < 4.78 is 0. The van der Waals surface area contributed by atoms with Crippen molar-refractivity contribution in [3.63, 3.8) is 0 Å². The summed E-state index contributed by atoms with van der Waals surface area (Å²) in [4.78, 5) is 35.6. The highest BCUT2D eigenvalue weighted by atomic mass is 35.5. The molecule has 1 aromatic carbocycles. The number of halogens is 1. The van der Waals surface area contributed by atoms with Crippen LogP contribution in [0.3, 0.4) is 0 Å². The van der Waals surface area contributed by atoms with E-state index in [0.717, 1.165) is 0 Å². The summed E-state index contributed by atoms with van der Waals surface area (Å²) in [6.07, 6.45) is 2.32. The van der Waals surface area contributed by atoms with E-state index in [4.69, 9.17) is 16.7 Å². The summed E-state index contributed by atoms with van der Waals surface area (Å²) in [6.45, 7) is 5.60. The van der Waals surface area contributed by atoms with E-state index in [9.17, 15) is 14.4 Å². The molecule has 0 bridgehead atoms.